The van der Waals surface area contributed by atoms with Crippen LogP contribution >= 0.6 is 15.9 Å². The first-order valence-electron chi connectivity index (χ1n) is 7.09. The summed E-state index contributed by atoms with van der Waals surface area (Å²) in [6.07, 6.45) is 2.94. The summed E-state index contributed by atoms with van der Waals surface area (Å²) < 4.78 is 2.98. The molecular weight excluding hydrogens is 336 g/mol. The molecule has 2 aromatic carbocycles. The molecule has 0 amide bonds. The van der Waals surface area contributed by atoms with Crippen molar-refractivity contribution in [3.8, 4) is 11.8 Å². The van der Waals surface area contributed by atoms with Crippen molar-refractivity contribution in [2.24, 2.45) is 0 Å². The van der Waals surface area contributed by atoms with Crippen molar-refractivity contribution >= 4 is 15.9 Å². The van der Waals surface area contributed by atoms with Crippen LogP contribution in [0.5, 0.6) is 0 Å². The average molecular weight is 351 g/mol. The number of rotatable bonds is 3. The minimum absolute atomic E-state index is 0.649. The van der Waals surface area contributed by atoms with Crippen LogP contribution in [0.2, 0.25) is 0 Å². The average Bonchev–Trinajstić information content (AvgIpc) is 2.95. The van der Waals surface area contributed by atoms with Crippen molar-refractivity contribution in [3.63, 3.8) is 0 Å². The molecule has 3 aromatic rings. The van der Waals surface area contributed by atoms with E-state index in [1.54, 1.807) is 0 Å². The highest BCUT2D eigenvalue weighted by Gasteiger charge is 2.07. The van der Waals surface area contributed by atoms with Gasteiger partial charge in [0, 0.05) is 28.5 Å². The van der Waals surface area contributed by atoms with Gasteiger partial charge in [-0.05, 0) is 58.7 Å². The van der Waals surface area contributed by atoms with Gasteiger partial charge >= 0.3 is 0 Å². The van der Waals surface area contributed by atoms with Gasteiger partial charge in [0.2, 0.25) is 0 Å². The maximum atomic E-state index is 9.03. The summed E-state index contributed by atoms with van der Waals surface area (Å²) in [5.74, 6) is 0. The normalized spacial score (nSPS) is 10.4. The summed E-state index contributed by atoms with van der Waals surface area (Å²) in [6.45, 7) is 2.11. The zero-order valence-corrected chi connectivity index (χ0v) is 13.8. The fourth-order valence-corrected chi connectivity index (χ4v) is 3.04. The van der Waals surface area contributed by atoms with Crippen LogP contribution in [0.3, 0.4) is 0 Å². The lowest BCUT2D eigenvalue weighted by Crippen LogP contribution is -2.00. The molecule has 0 fully saturated rings. The molecule has 0 bridgehead atoms. The molecule has 0 aliphatic heterocycles. The number of aryl methyl sites for hydroxylation is 1. The molecule has 3 rings (SSSR count). The molecule has 0 atom stereocenters. The van der Waals surface area contributed by atoms with E-state index < -0.39 is 0 Å². The Morgan fingerprint density at radius 2 is 1.95 bits per heavy atom. The summed E-state index contributed by atoms with van der Waals surface area (Å²) >= 11 is 3.46. The van der Waals surface area contributed by atoms with Crippen LogP contribution in [0.15, 0.2) is 65.3 Å². The summed E-state index contributed by atoms with van der Waals surface area (Å²) in [5, 5.41) is 9.03. The summed E-state index contributed by atoms with van der Waals surface area (Å²) in [7, 11) is 0. The van der Waals surface area contributed by atoms with Crippen LogP contribution in [-0.4, -0.2) is 4.57 Å². The van der Waals surface area contributed by atoms with E-state index in [9.17, 15) is 0 Å². The van der Waals surface area contributed by atoms with E-state index >= 15 is 0 Å². The Hall–Kier alpha value is -2.31. The first-order valence-corrected chi connectivity index (χ1v) is 7.88. The van der Waals surface area contributed by atoms with Crippen molar-refractivity contribution in [1.82, 2.24) is 4.57 Å². The van der Waals surface area contributed by atoms with E-state index in [0.717, 1.165) is 16.6 Å². The molecule has 108 valence electrons. The van der Waals surface area contributed by atoms with Crippen molar-refractivity contribution in [2.75, 3.05) is 0 Å². The van der Waals surface area contributed by atoms with Gasteiger partial charge in [0.1, 0.15) is 6.07 Å². The van der Waals surface area contributed by atoms with Gasteiger partial charge in [-0.2, -0.15) is 5.26 Å². The summed E-state index contributed by atoms with van der Waals surface area (Å²) in [4.78, 5) is 0. The topological polar surface area (TPSA) is 28.7 Å². The van der Waals surface area contributed by atoms with Crippen LogP contribution in [0, 0.1) is 18.3 Å². The standard InChI is InChI=1S/C19H15BrN2/c1-14-4-2-5-15(10-14)11-17-6-3-9-22(17)18-8-7-16(13-21)19(20)12-18/h2-10,12H,11H2,1H3. The quantitative estimate of drug-likeness (QED) is 0.652. The number of hydrogen-bond donors (Lipinski definition) is 0. The van der Waals surface area contributed by atoms with Crippen molar-refractivity contribution < 1.29 is 0 Å². The SMILES string of the molecule is Cc1cccc(Cc2cccn2-c2ccc(C#N)c(Br)c2)c1. The van der Waals surface area contributed by atoms with Crippen LogP contribution in [-0.2, 0) is 6.42 Å². The number of benzene rings is 2. The molecule has 0 aliphatic rings. The second kappa shape index (κ2) is 6.21. The molecule has 0 aliphatic carbocycles. The molecule has 2 nitrogen and oxygen atoms in total. The van der Waals surface area contributed by atoms with E-state index in [-0.39, 0.29) is 0 Å². The largest absolute Gasteiger partial charge is 0.321 e. The van der Waals surface area contributed by atoms with Gasteiger partial charge in [-0.1, -0.05) is 29.8 Å². The van der Waals surface area contributed by atoms with Crippen LogP contribution in [0.25, 0.3) is 5.69 Å². The molecule has 0 N–H and O–H groups in total. The molecule has 0 unspecified atom stereocenters. The number of halogens is 1. The maximum Gasteiger partial charge on any atom is 0.100 e. The molecule has 3 heteroatoms. The summed E-state index contributed by atoms with van der Waals surface area (Å²) in [6, 6.07) is 20.7. The second-order valence-electron chi connectivity index (χ2n) is 5.31. The van der Waals surface area contributed by atoms with Gasteiger partial charge in [-0.25, -0.2) is 0 Å². The van der Waals surface area contributed by atoms with Gasteiger partial charge in [-0.15, -0.1) is 0 Å². The second-order valence-corrected chi connectivity index (χ2v) is 6.17. The van der Waals surface area contributed by atoms with E-state index in [0.29, 0.717) is 5.56 Å². The minimum Gasteiger partial charge on any atom is -0.321 e. The highest BCUT2D eigenvalue weighted by atomic mass is 79.9. The molecule has 1 aromatic heterocycles. The van der Waals surface area contributed by atoms with Gasteiger partial charge in [0.15, 0.2) is 0 Å². The number of hydrogen-bond acceptors (Lipinski definition) is 1. The number of aromatic nitrogens is 1. The Kier molecular flexibility index (Phi) is 4.13. The third-order valence-electron chi connectivity index (χ3n) is 3.65. The fourth-order valence-electron chi connectivity index (χ4n) is 2.59. The Balaban J connectivity index is 1.95. The fraction of sp³-hybridized carbons (Fsp3) is 0.105. The van der Waals surface area contributed by atoms with Crippen LogP contribution in [0.1, 0.15) is 22.4 Å². The Morgan fingerprint density at radius 1 is 1.09 bits per heavy atom. The lowest BCUT2D eigenvalue weighted by Gasteiger charge is -2.11. The first kappa shape index (κ1) is 14.6. The van der Waals surface area contributed by atoms with Gasteiger partial charge in [-0.3, -0.25) is 0 Å². The predicted octanol–water partition coefficient (Wildman–Crippen LogP) is 5.01. The van der Waals surface area contributed by atoms with E-state index in [2.05, 4.69) is 76.1 Å². The molecule has 0 saturated heterocycles. The van der Waals surface area contributed by atoms with Crippen molar-refractivity contribution in [2.45, 2.75) is 13.3 Å². The Bertz CT molecular complexity index is 856. The first-order chi connectivity index (χ1) is 10.7. The van der Waals surface area contributed by atoms with Crippen LogP contribution < -0.4 is 0 Å². The zero-order chi connectivity index (χ0) is 15.5. The monoisotopic (exact) mass is 350 g/mol. The van der Waals surface area contributed by atoms with E-state index in [4.69, 9.17) is 5.26 Å². The summed E-state index contributed by atoms with van der Waals surface area (Å²) in [5.41, 5.74) is 5.50. The third-order valence-corrected chi connectivity index (χ3v) is 4.31. The lowest BCUT2D eigenvalue weighted by molar-refractivity contribution is 0.957. The maximum absolute atomic E-state index is 9.03. The number of nitriles is 1. The highest BCUT2D eigenvalue weighted by Crippen LogP contribution is 2.23. The Labute approximate surface area is 138 Å². The van der Waals surface area contributed by atoms with Gasteiger partial charge in [0.05, 0.1) is 5.56 Å². The van der Waals surface area contributed by atoms with Crippen LogP contribution in [0.4, 0.5) is 0 Å². The van der Waals surface area contributed by atoms with E-state index in [1.165, 1.54) is 16.8 Å². The molecule has 0 spiro atoms. The minimum atomic E-state index is 0.649. The van der Waals surface area contributed by atoms with Crippen molar-refractivity contribution in [3.05, 3.63) is 87.7 Å². The number of nitrogens with zero attached hydrogens (tertiary/aromatic N) is 2. The van der Waals surface area contributed by atoms with E-state index in [1.807, 2.05) is 18.2 Å². The zero-order valence-electron chi connectivity index (χ0n) is 12.3. The molecule has 1 heterocycles. The van der Waals surface area contributed by atoms with Gasteiger partial charge in [0.25, 0.3) is 0 Å². The lowest BCUT2D eigenvalue weighted by atomic mass is 10.1. The smallest absolute Gasteiger partial charge is 0.100 e. The Morgan fingerprint density at radius 3 is 2.68 bits per heavy atom. The molecular formula is C19H15BrN2. The molecule has 0 radical (unpaired) electrons. The third kappa shape index (κ3) is 2.98. The van der Waals surface area contributed by atoms with Gasteiger partial charge < -0.3 is 4.57 Å². The predicted molar refractivity (Wildman–Crippen MR) is 92.2 cm³/mol. The van der Waals surface area contributed by atoms with Crippen molar-refractivity contribution in [1.29, 1.82) is 5.26 Å². The highest BCUT2D eigenvalue weighted by molar-refractivity contribution is 9.10. The molecule has 0 saturated carbocycles. The molecule has 22 heavy (non-hydrogen) atoms.